The van der Waals surface area contributed by atoms with Crippen molar-refractivity contribution >= 4 is 11.5 Å². The Bertz CT molecular complexity index is 622. The molecule has 1 aromatic rings. The summed E-state index contributed by atoms with van der Waals surface area (Å²) in [4.78, 5) is 12.1. The highest BCUT2D eigenvalue weighted by molar-refractivity contribution is 5.79. The summed E-state index contributed by atoms with van der Waals surface area (Å²) in [5.74, 6) is 2.96. The van der Waals surface area contributed by atoms with Crippen LogP contribution >= 0.6 is 0 Å². The summed E-state index contributed by atoms with van der Waals surface area (Å²) in [6.45, 7) is 4.22. The number of carbonyl (C=O) groups is 1. The van der Waals surface area contributed by atoms with Crippen molar-refractivity contribution in [3.63, 3.8) is 0 Å². The van der Waals surface area contributed by atoms with Crippen molar-refractivity contribution in [1.82, 2.24) is 0 Å². The first-order valence-corrected chi connectivity index (χ1v) is 8.89. The van der Waals surface area contributed by atoms with Crippen LogP contribution in [0.5, 0.6) is 0 Å². The van der Waals surface area contributed by atoms with Crippen molar-refractivity contribution in [2.45, 2.75) is 58.3 Å². The minimum absolute atomic E-state index is 0.262. The van der Waals surface area contributed by atoms with E-state index in [0.717, 1.165) is 23.9 Å². The van der Waals surface area contributed by atoms with E-state index in [1.54, 1.807) is 5.56 Å². The summed E-state index contributed by atoms with van der Waals surface area (Å²) >= 11 is 0. The Hall–Kier alpha value is -1.31. The number of anilines is 1. The number of benzene rings is 1. The number of nitrogen functional groups attached to an aromatic ring is 1. The van der Waals surface area contributed by atoms with Crippen molar-refractivity contribution in [3.05, 3.63) is 29.3 Å². The maximum absolute atomic E-state index is 12.1. The van der Waals surface area contributed by atoms with Gasteiger partial charge in [-0.15, -0.1) is 0 Å². The van der Waals surface area contributed by atoms with Gasteiger partial charge in [0, 0.05) is 11.6 Å². The Morgan fingerprint density at radius 1 is 1.23 bits per heavy atom. The van der Waals surface area contributed by atoms with Crippen LogP contribution in [0.15, 0.2) is 18.2 Å². The molecule has 5 atom stereocenters. The summed E-state index contributed by atoms with van der Waals surface area (Å²) in [6.07, 6.45) is 7.29. The smallest absolute Gasteiger partial charge is 0.133 e. The Balaban J connectivity index is 1.69. The molecular weight excluding hydrogens is 270 g/mol. The van der Waals surface area contributed by atoms with Crippen LogP contribution in [0, 0.1) is 23.2 Å². The summed E-state index contributed by atoms with van der Waals surface area (Å²) in [5, 5.41) is 0. The van der Waals surface area contributed by atoms with Crippen molar-refractivity contribution in [1.29, 1.82) is 0 Å². The molecule has 0 amide bonds. The molecule has 0 heterocycles. The van der Waals surface area contributed by atoms with Crippen LogP contribution in [0.4, 0.5) is 5.69 Å². The highest BCUT2D eigenvalue weighted by atomic mass is 16.1. The van der Waals surface area contributed by atoms with Crippen molar-refractivity contribution in [2.75, 3.05) is 5.73 Å². The van der Waals surface area contributed by atoms with Gasteiger partial charge >= 0.3 is 0 Å². The third-order valence-corrected chi connectivity index (χ3v) is 7.24. The molecule has 0 aromatic heterocycles. The van der Waals surface area contributed by atoms with Gasteiger partial charge in [0.25, 0.3) is 0 Å². The molecule has 0 saturated heterocycles. The van der Waals surface area contributed by atoms with E-state index in [1.165, 1.54) is 37.7 Å². The van der Waals surface area contributed by atoms with Crippen LogP contribution < -0.4 is 5.73 Å². The fourth-order valence-electron chi connectivity index (χ4n) is 6.27. The average Bonchev–Trinajstić information content (AvgIpc) is 2.84. The second-order valence-electron chi connectivity index (χ2n) is 8.16. The Morgan fingerprint density at radius 3 is 2.82 bits per heavy atom. The molecule has 4 rings (SSSR count). The zero-order valence-electron chi connectivity index (χ0n) is 13.8. The predicted octanol–water partition coefficient (Wildman–Crippen LogP) is 4.33. The van der Waals surface area contributed by atoms with Crippen LogP contribution in [0.2, 0.25) is 0 Å². The lowest BCUT2D eigenvalue weighted by molar-refractivity contribution is -0.125. The lowest BCUT2D eigenvalue weighted by Crippen LogP contribution is -2.43. The molecule has 118 valence electrons. The largest absolute Gasteiger partial charge is 0.399 e. The maximum atomic E-state index is 12.1. The molecule has 2 N–H and O–H groups in total. The molecule has 2 saturated carbocycles. The van der Waals surface area contributed by atoms with E-state index >= 15 is 0 Å². The second kappa shape index (κ2) is 4.84. The maximum Gasteiger partial charge on any atom is 0.133 e. The fraction of sp³-hybridized carbons (Fsp3) is 0.650. The number of nitrogens with two attached hydrogens (primary N) is 1. The molecule has 3 aliphatic carbocycles. The van der Waals surface area contributed by atoms with Gasteiger partial charge in [-0.1, -0.05) is 13.0 Å². The first-order valence-electron chi connectivity index (χ1n) is 8.89. The van der Waals surface area contributed by atoms with E-state index in [4.69, 9.17) is 5.73 Å². The highest BCUT2D eigenvalue weighted by Crippen LogP contribution is 2.63. The van der Waals surface area contributed by atoms with Gasteiger partial charge < -0.3 is 5.73 Å². The summed E-state index contributed by atoms with van der Waals surface area (Å²) in [7, 11) is 0. The molecule has 3 aliphatic rings. The Labute approximate surface area is 133 Å². The van der Waals surface area contributed by atoms with Gasteiger partial charge in [-0.25, -0.2) is 0 Å². The standard InChI is InChI=1S/C20H27NO/c1-12(22)18-7-8-19-17-5-3-13-11-14(21)4-6-15(13)16(17)9-10-20(18,19)2/h4,6,11,16-19H,3,5,7-10,21H2,1-2H3. The van der Waals surface area contributed by atoms with Crippen molar-refractivity contribution < 1.29 is 4.79 Å². The number of fused-ring (bicyclic) bond motifs is 5. The Morgan fingerprint density at radius 2 is 2.05 bits per heavy atom. The number of Topliss-reactive ketones (excluding diaryl/α,β-unsaturated/α-hetero) is 1. The fourth-order valence-corrected chi connectivity index (χ4v) is 6.27. The van der Waals surface area contributed by atoms with E-state index in [9.17, 15) is 4.79 Å². The summed E-state index contributed by atoms with van der Waals surface area (Å²) < 4.78 is 0. The van der Waals surface area contributed by atoms with E-state index in [1.807, 2.05) is 6.92 Å². The normalized spacial score (nSPS) is 39.7. The number of hydrogen-bond donors (Lipinski definition) is 1. The minimum atomic E-state index is 0.262. The van der Waals surface area contributed by atoms with Gasteiger partial charge in [-0.05, 0) is 91.9 Å². The molecule has 5 unspecified atom stereocenters. The second-order valence-corrected chi connectivity index (χ2v) is 8.16. The topological polar surface area (TPSA) is 43.1 Å². The van der Waals surface area contributed by atoms with E-state index in [-0.39, 0.29) is 5.41 Å². The monoisotopic (exact) mass is 297 g/mol. The first-order chi connectivity index (χ1) is 10.5. The number of aryl methyl sites for hydroxylation is 1. The van der Waals surface area contributed by atoms with Gasteiger partial charge in [0.05, 0.1) is 0 Å². The van der Waals surface area contributed by atoms with E-state index < -0.39 is 0 Å². The minimum Gasteiger partial charge on any atom is -0.399 e. The molecule has 0 bridgehead atoms. The average molecular weight is 297 g/mol. The van der Waals surface area contributed by atoms with Gasteiger partial charge in [0.15, 0.2) is 0 Å². The molecular formula is C20H27NO. The molecule has 22 heavy (non-hydrogen) atoms. The zero-order chi connectivity index (χ0) is 15.5. The Kier molecular flexibility index (Phi) is 3.15. The third kappa shape index (κ3) is 1.89. The first kappa shape index (κ1) is 14.3. The molecule has 2 fully saturated rings. The molecule has 1 aromatic carbocycles. The number of carbonyl (C=O) groups excluding carboxylic acids is 1. The van der Waals surface area contributed by atoms with Crippen LogP contribution in [0.3, 0.4) is 0 Å². The summed E-state index contributed by atoms with van der Waals surface area (Å²) in [5.41, 5.74) is 10.2. The molecule has 2 nitrogen and oxygen atoms in total. The number of rotatable bonds is 1. The van der Waals surface area contributed by atoms with Crippen LogP contribution in [0.25, 0.3) is 0 Å². The quantitative estimate of drug-likeness (QED) is 0.784. The zero-order valence-corrected chi connectivity index (χ0v) is 13.8. The van der Waals surface area contributed by atoms with Crippen molar-refractivity contribution in [3.8, 4) is 0 Å². The lowest BCUT2D eigenvalue weighted by Gasteiger charge is -2.50. The highest BCUT2D eigenvalue weighted by Gasteiger charge is 2.55. The predicted molar refractivity (Wildman–Crippen MR) is 89.6 cm³/mol. The van der Waals surface area contributed by atoms with Crippen LogP contribution in [-0.2, 0) is 11.2 Å². The molecule has 2 heteroatoms. The van der Waals surface area contributed by atoms with Crippen LogP contribution in [-0.4, -0.2) is 5.78 Å². The number of hydrogen-bond acceptors (Lipinski definition) is 2. The van der Waals surface area contributed by atoms with Crippen molar-refractivity contribution in [2.24, 2.45) is 23.2 Å². The van der Waals surface area contributed by atoms with E-state index in [0.29, 0.717) is 17.6 Å². The molecule has 0 radical (unpaired) electrons. The summed E-state index contributed by atoms with van der Waals surface area (Å²) in [6, 6.07) is 6.54. The lowest BCUT2D eigenvalue weighted by atomic mass is 9.54. The van der Waals surface area contributed by atoms with E-state index in [2.05, 4.69) is 25.1 Å². The SMILES string of the molecule is CC(=O)C1CCC2C3CCc4cc(N)ccc4C3CCC12C. The van der Waals surface area contributed by atoms with Gasteiger partial charge in [-0.2, -0.15) is 0 Å². The van der Waals surface area contributed by atoms with Gasteiger partial charge in [0.2, 0.25) is 0 Å². The van der Waals surface area contributed by atoms with Crippen LogP contribution in [0.1, 0.15) is 63.0 Å². The molecule has 0 spiro atoms. The number of ketones is 1. The van der Waals surface area contributed by atoms with Gasteiger partial charge in [0.1, 0.15) is 5.78 Å². The van der Waals surface area contributed by atoms with Gasteiger partial charge in [-0.3, -0.25) is 4.79 Å². The third-order valence-electron chi connectivity index (χ3n) is 7.24. The molecule has 0 aliphatic heterocycles.